The van der Waals surface area contributed by atoms with E-state index in [1.54, 1.807) is 6.20 Å². The first-order chi connectivity index (χ1) is 9.63. The molecule has 0 aliphatic carbocycles. The first-order valence-electron chi connectivity index (χ1n) is 7.26. The highest BCUT2D eigenvalue weighted by molar-refractivity contribution is 14.0. The van der Waals surface area contributed by atoms with Gasteiger partial charge in [-0.25, -0.2) is 4.99 Å². The minimum absolute atomic E-state index is 0. The van der Waals surface area contributed by atoms with Gasteiger partial charge in [-0.2, -0.15) is 16.9 Å². The van der Waals surface area contributed by atoms with Crippen LogP contribution < -0.4 is 10.6 Å². The maximum Gasteiger partial charge on any atom is 0.191 e. The number of aliphatic imine (C=N–C) groups is 1. The molecule has 1 aromatic rings. The molecule has 7 heteroatoms. The molecule has 5 nitrogen and oxygen atoms in total. The Labute approximate surface area is 148 Å². The molecule has 0 spiro atoms. The van der Waals surface area contributed by atoms with Gasteiger partial charge in [0.2, 0.25) is 0 Å². The van der Waals surface area contributed by atoms with Crippen LogP contribution in [0.2, 0.25) is 0 Å². The second-order valence-electron chi connectivity index (χ2n) is 5.40. The van der Waals surface area contributed by atoms with Gasteiger partial charge in [-0.3, -0.25) is 4.68 Å². The van der Waals surface area contributed by atoms with Crippen LogP contribution in [0.1, 0.15) is 32.4 Å². The van der Waals surface area contributed by atoms with Crippen molar-refractivity contribution in [3.05, 3.63) is 18.0 Å². The van der Waals surface area contributed by atoms with Crippen molar-refractivity contribution in [1.82, 2.24) is 20.4 Å². The zero-order chi connectivity index (χ0) is 14.4. The molecule has 1 saturated heterocycles. The maximum atomic E-state index is 4.63. The highest BCUT2D eigenvalue weighted by Gasteiger charge is 2.29. The maximum absolute atomic E-state index is 4.63. The molecule has 1 atom stereocenters. The van der Waals surface area contributed by atoms with Gasteiger partial charge >= 0.3 is 0 Å². The Morgan fingerprint density at radius 1 is 1.52 bits per heavy atom. The molecule has 120 valence electrons. The van der Waals surface area contributed by atoms with Crippen LogP contribution in [0.25, 0.3) is 0 Å². The Balaban J connectivity index is 0.00000220. The van der Waals surface area contributed by atoms with E-state index in [0.29, 0.717) is 11.3 Å². The van der Waals surface area contributed by atoms with Crippen LogP contribution in [-0.2, 0) is 13.6 Å². The number of aromatic nitrogens is 2. The third kappa shape index (κ3) is 5.69. The molecule has 2 N–H and O–H groups in total. The summed E-state index contributed by atoms with van der Waals surface area (Å²) in [6.45, 7) is 6.92. The SMILES string of the molecule is CCNC(=NCc1ccnn1C)NCC1(C)CCCS1.I. The monoisotopic (exact) mass is 423 g/mol. The smallest absolute Gasteiger partial charge is 0.191 e. The minimum atomic E-state index is 0. The van der Waals surface area contributed by atoms with E-state index >= 15 is 0 Å². The lowest BCUT2D eigenvalue weighted by Crippen LogP contribution is -2.43. The number of aryl methyl sites for hydroxylation is 1. The van der Waals surface area contributed by atoms with Crippen LogP contribution >= 0.6 is 35.7 Å². The molecule has 0 amide bonds. The van der Waals surface area contributed by atoms with Gasteiger partial charge in [0.1, 0.15) is 0 Å². The van der Waals surface area contributed by atoms with Crippen molar-refractivity contribution in [1.29, 1.82) is 0 Å². The summed E-state index contributed by atoms with van der Waals surface area (Å²) in [5.74, 6) is 2.17. The highest BCUT2D eigenvalue weighted by atomic mass is 127. The molecule has 0 saturated carbocycles. The molecule has 0 aromatic carbocycles. The first-order valence-corrected chi connectivity index (χ1v) is 8.24. The third-order valence-electron chi connectivity index (χ3n) is 3.60. The fourth-order valence-corrected chi connectivity index (χ4v) is 3.55. The van der Waals surface area contributed by atoms with E-state index < -0.39 is 0 Å². The van der Waals surface area contributed by atoms with Crippen molar-refractivity contribution in [3.63, 3.8) is 0 Å². The summed E-state index contributed by atoms with van der Waals surface area (Å²) in [6, 6.07) is 2.00. The van der Waals surface area contributed by atoms with E-state index in [0.717, 1.165) is 24.7 Å². The largest absolute Gasteiger partial charge is 0.357 e. The molecule has 0 radical (unpaired) electrons. The van der Waals surface area contributed by atoms with Gasteiger partial charge in [0.25, 0.3) is 0 Å². The van der Waals surface area contributed by atoms with Gasteiger partial charge in [-0.15, -0.1) is 24.0 Å². The van der Waals surface area contributed by atoms with E-state index in [-0.39, 0.29) is 24.0 Å². The standard InChI is InChI=1S/C14H25N5S.HI/c1-4-15-13(16-10-12-6-8-18-19(12)3)17-11-14(2)7-5-9-20-14;/h6,8H,4-5,7,9-11H2,1-3H3,(H2,15,16,17);1H. The Bertz CT molecular complexity index is 454. The predicted molar refractivity (Wildman–Crippen MR) is 102 cm³/mol. The number of rotatable bonds is 5. The van der Waals surface area contributed by atoms with Crippen LogP contribution in [0.3, 0.4) is 0 Å². The Kier molecular flexibility index (Phi) is 7.86. The summed E-state index contributed by atoms with van der Waals surface area (Å²) < 4.78 is 2.21. The number of nitrogens with zero attached hydrogens (tertiary/aromatic N) is 3. The van der Waals surface area contributed by atoms with Crippen molar-refractivity contribution in [3.8, 4) is 0 Å². The number of nitrogens with one attached hydrogen (secondary N) is 2. The first kappa shape index (κ1) is 18.6. The van der Waals surface area contributed by atoms with Crippen LogP contribution in [0.15, 0.2) is 17.3 Å². The van der Waals surface area contributed by atoms with Crippen LogP contribution in [0.5, 0.6) is 0 Å². The molecule has 1 aromatic heterocycles. The van der Waals surface area contributed by atoms with Gasteiger partial charge < -0.3 is 10.6 Å². The van der Waals surface area contributed by atoms with Crippen molar-refractivity contribution in [2.45, 2.75) is 38.0 Å². The Morgan fingerprint density at radius 2 is 2.33 bits per heavy atom. The summed E-state index contributed by atoms with van der Waals surface area (Å²) in [5, 5.41) is 10.9. The van der Waals surface area contributed by atoms with E-state index in [1.807, 2.05) is 17.8 Å². The molecule has 1 unspecified atom stereocenters. The van der Waals surface area contributed by atoms with Crippen molar-refractivity contribution in [2.75, 3.05) is 18.8 Å². The summed E-state index contributed by atoms with van der Waals surface area (Å²) in [5.41, 5.74) is 1.11. The second kappa shape index (κ2) is 8.87. The van der Waals surface area contributed by atoms with Crippen LogP contribution in [0.4, 0.5) is 0 Å². The Morgan fingerprint density at radius 3 is 2.90 bits per heavy atom. The van der Waals surface area contributed by atoms with Gasteiger partial charge in [0.15, 0.2) is 5.96 Å². The average molecular weight is 423 g/mol. The fraction of sp³-hybridized carbons (Fsp3) is 0.714. The van der Waals surface area contributed by atoms with Gasteiger partial charge in [-0.1, -0.05) is 0 Å². The second-order valence-corrected chi connectivity index (χ2v) is 7.08. The number of thioether (sulfide) groups is 1. The number of hydrogen-bond donors (Lipinski definition) is 2. The lowest BCUT2D eigenvalue weighted by atomic mass is 10.1. The molecule has 21 heavy (non-hydrogen) atoms. The third-order valence-corrected chi connectivity index (χ3v) is 5.13. The fourth-order valence-electron chi connectivity index (χ4n) is 2.31. The van der Waals surface area contributed by atoms with E-state index in [2.05, 4.69) is 46.3 Å². The van der Waals surface area contributed by atoms with Crippen LogP contribution in [0, 0.1) is 0 Å². The number of guanidine groups is 1. The molecule has 1 aliphatic rings. The van der Waals surface area contributed by atoms with Crippen molar-refractivity contribution < 1.29 is 0 Å². The molecule has 2 heterocycles. The summed E-state index contributed by atoms with van der Waals surface area (Å²) in [7, 11) is 1.95. The van der Waals surface area contributed by atoms with E-state index in [1.165, 1.54) is 18.6 Å². The summed E-state index contributed by atoms with van der Waals surface area (Å²) in [4.78, 5) is 4.63. The van der Waals surface area contributed by atoms with E-state index in [9.17, 15) is 0 Å². The topological polar surface area (TPSA) is 54.2 Å². The zero-order valence-corrected chi connectivity index (χ0v) is 16.2. The van der Waals surface area contributed by atoms with Crippen molar-refractivity contribution >= 4 is 41.7 Å². The molecule has 1 aliphatic heterocycles. The lowest BCUT2D eigenvalue weighted by molar-refractivity contribution is 0.584. The Hall–Kier alpha value is -0.440. The normalized spacial score (nSPS) is 22.0. The van der Waals surface area contributed by atoms with Crippen LogP contribution in [-0.4, -0.2) is 39.3 Å². The van der Waals surface area contributed by atoms with Crippen molar-refractivity contribution in [2.24, 2.45) is 12.0 Å². The average Bonchev–Trinajstić information content (AvgIpc) is 3.03. The zero-order valence-electron chi connectivity index (χ0n) is 13.1. The molecular weight excluding hydrogens is 397 g/mol. The van der Waals surface area contributed by atoms with Gasteiger partial charge in [0.05, 0.1) is 12.2 Å². The summed E-state index contributed by atoms with van der Waals surface area (Å²) >= 11 is 2.06. The summed E-state index contributed by atoms with van der Waals surface area (Å²) in [6.07, 6.45) is 4.42. The van der Waals surface area contributed by atoms with Gasteiger partial charge in [0, 0.05) is 31.1 Å². The lowest BCUT2D eigenvalue weighted by Gasteiger charge is -2.24. The number of hydrogen-bond acceptors (Lipinski definition) is 3. The molecular formula is C14H26IN5S. The van der Waals surface area contributed by atoms with E-state index in [4.69, 9.17) is 0 Å². The highest BCUT2D eigenvalue weighted by Crippen LogP contribution is 2.36. The minimum Gasteiger partial charge on any atom is -0.357 e. The number of halogens is 1. The molecule has 0 bridgehead atoms. The molecule has 1 fully saturated rings. The molecule has 2 rings (SSSR count). The quantitative estimate of drug-likeness (QED) is 0.434. The van der Waals surface area contributed by atoms with Gasteiger partial charge in [-0.05, 0) is 38.5 Å². The predicted octanol–water partition coefficient (Wildman–Crippen LogP) is 2.38.